The van der Waals surface area contributed by atoms with Crippen LogP contribution in [0.3, 0.4) is 0 Å². The summed E-state index contributed by atoms with van der Waals surface area (Å²) in [7, 11) is 0. The van der Waals surface area contributed by atoms with E-state index in [1.807, 2.05) is 0 Å². The molecule has 2 amide bonds. The Bertz CT molecular complexity index is 401. The Morgan fingerprint density at radius 1 is 1.15 bits per heavy atom. The van der Waals surface area contributed by atoms with Crippen molar-refractivity contribution >= 4 is 11.8 Å². The van der Waals surface area contributed by atoms with Crippen molar-refractivity contribution in [2.24, 2.45) is 11.8 Å². The normalized spacial score (nSPS) is 36.8. The van der Waals surface area contributed by atoms with Gasteiger partial charge in [0, 0.05) is 0 Å². The molecule has 0 aromatic heterocycles. The zero-order valence-electron chi connectivity index (χ0n) is 12.4. The van der Waals surface area contributed by atoms with Crippen LogP contribution in [0.4, 0.5) is 0 Å². The molecule has 112 valence electrons. The third kappa shape index (κ3) is 2.57. The fourth-order valence-electron chi connectivity index (χ4n) is 4.35. The van der Waals surface area contributed by atoms with Crippen LogP contribution in [-0.2, 0) is 9.59 Å². The second kappa shape index (κ2) is 5.38. The summed E-state index contributed by atoms with van der Waals surface area (Å²) in [4.78, 5) is 24.7. The number of rotatable bonds is 2. The Morgan fingerprint density at radius 2 is 1.90 bits per heavy atom. The van der Waals surface area contributed by atoms with Crippen molar-refractivity contribution in [3.8, 4) is 0 Å². The predicted molar refractivity (Wildman–Crippen MR) is 77.0 cm³/mol. The molecule has 3 fully saturated rings. The lowest BCUT2D eigenvalue weighted by Gasteiger charge is -2.39. The molecule has 0 aromatic rings. The van der Waals surface area contributed by atoms with Crippen LogP contribution >= 0.6 is 0 Å². The van der Waals surface area contributed by atoms with Gasteiger partial charge in [-0.2, -0.15) is 0 Å². The van der Waals surface area contributed by atoms with Crippen LogP contribution < -0.4 is 10.6 Å². The number of hydrogen-bond donors (Lipinski definition) is 2. The fraction of sp³-hybridized carbons (Fsp3) is 0.875. The van der Waals surface area contributed by atoms with Crippen LogP contribution in [0.25, 0.3) is 0 Å². The van der Waals surface area contributed by atoms with Gasteiger partial charge in [-0.15, -0.1) is 0 Å². The number of carbonyl (C=O) groups is 2. The van der Waals surface area contributed by atoms with Gasteiger partial charge in [0.2, 0.25) is 11.8 Å². The summed E-state index contributed by atoms with van der Waals surface area (Å²) in [5.74, 6) is 1.46. The highest BCUT2D eigenvalue weighted by atomic mass is 16.2. The van der Waals surface area contributed by atoms with Crippen molar-refractivity contribution in [1.29, 1.82) is 0 Å². The maximum atomic E-state index is 12.4. The largest absolute Gasteiger partial charge is 0.342 e. The standard InChI is InChI=1S/C16H26N2O2/c1-11-5-4-6-12(9-11)10-13-14(19)18-16(15(20)17-13)7-2-3-8-16/h11-13H,2-10H2,1H3,(H,17,20)(H,18,19). The third-order valence-corrected chi connectivity index (χ3v) is 5.49. The third-order valence-electron chi connectivity index (χ3n) is 5.49. The molecular formula is C16H26N2O2. The lowest BCUT2D eigenvalue weighted by atomic mass is 9.78. The Labute approximate surface area is 121 Å². The molecule has 0 radical (unpaired) electrons. The molecule has 3 aliphatic rings. The number of piperazine rings is 1. The lowest BCUT2D eigenvalue weighted by molar-refractivity contribution is -0.142. The van der Waals surface area contributed by atoms with Crippen LogP contribution in [0, 0.1) is 11.8 Å². The Morgan fingerprint density at radius 3 is 2.60 bits per heavy atom. The molecule has 0 bridgehead atoms. The van der Waals surface area contributed by atoms with E-state index in [-0.39, 0.29) is 17.9 Å². The molecule has 3 unspecified atom stereocenters. The van der Waals surface area contributed by atoms with Crippen LogP contribution in [0.1, 0.15) is 64.7 Å². The van der Waals surface area contributed by atoms with Crippen molar-refractivity contribution in [1.82, 2.24) is 10.6 Å². The highest BCUT2D eigenvalue weighted by molar-refractivity contribution is 6.00. The fourth-order valence-corrected chi connectivity index (χ4v) is 4.35. The molecule has 0 aromatic carbocycles. The molecule has 1 aliphatic heterocycles. The number of carbonyl (C=O) groups excluding carboxylic acids is 2. The Hall–Kier alpha value is -1.06. The predicted octanol–water partition coefficient (Wildman–Crippen LogP) is 2.13. The maximum Gasteiger partial charge on any atom is 0.246 e. The quantitative estimate of drug-likeness (QED) is 0.813. The first-order valence-corrected chi connectivity index (χ1v) is 8.22. The summed E-state index contributed by atoms with van der Waals surface area (Å²) >= 11 is 0. The molecule has 1 saturated heterocycles. The lowest BCUT2D eigenvalue weighted by Crippen LogP contribution is -2.68. The van der Waals surface area contributed by atoms with Crippen molar-refractivity contribution in [2.45, 2.75) is 76.3 Å². The minimum Gasteiger partial charge on any atom is -0.342 e. The van der Waals surface area contributed by atoms with Gasteiger partial charge in [-0.05, 0) is 37.5 Å². The molecular weight excluding hydrogens is 252 g/mol. The highest BCUT2D eigenvalue weighted by Gasteiger charge is 2.48. The minimum atomic E-state index is -0.576. The van der Waals surface area contributed by atoms with Gasteiger partial charge in [-0.1, -0.05) is 39.0 Å². The van der Waals surface area contributed by atoms with E-state index in [2.05, 4.69) is 17.6 Å². The van der Waals surface area contributed by atoms with Gasteiger partial charge in [0.1, 0.15) is 11.6 Å². The summed E-state index contributed by atoms with van der Waals surface area (Å²) in [5, 5.41) is 6.05. The molecule has 2 aliphatic carbocycles. The zero-order valence-corrected chi connectivity index (χ0v) is 12.4. The van der Waals surface area contributed by atoms with Crippen LogP contribution in [0.15, 0.2) is 0 Å². The van der Waals surface area contributed by atoms with E-state index in [1.54, 1.807) is 0 Å². The Kier molecular flexibility index (Phi) is 3.74. The molecule has 20 heavy (non-hydrogen) atoms. The van der Waals surface area contributed by atoms with E-state index < -0.39 is 5.54 Å². The number of amides is 2. The molecule has 1 heterocycles. The molecule has 3 rings (SSSR count). The summed E-state index contributed by atoms with van der Waals surface area (Å²) in [6.07, 6.45) is 9.48. The van der Waals surface area contributed by atoms with E-state index in [9.17, 15) is 9.59 Å². The van der Waals surface area contributed by atoms with Crippen LogP contribution in [0.2, 0.25) is 0 Å². The zero-order chi connectivity index (χ0) is 14.2. The summed E-state index contributed by atoms with van der Waals surface area (Å²) in [6.45, 7) is 2.29. The molecule has 4 heteroatoms. The van der Waals surface area contributed by atoms with Gasteiger partial charge in [0.05, 0.1) is 0 Å². The second-order valence-electron chi connectivity index (χ2n) is 7.18. The van der Waals surface area contributed by atoms with Gasteiger partial charge in [-0.25, -0.2) is 0 Å². The first-order chi connectivity index (χ1) is 9.59. The monoisotopic (exact) mass is 278 g/mol. The molecule has 2 N–H and O–H groups in total. The van der Waals surface area contributed by atoms with Gasteiger partial charge in [-0.3, -0.25) is 9.59 Å². The van der Waals surface area contributed by atoms with Crippen LogP contribution in [-0.4, -0.2) is 23.4 Å². The Balaban J connectivity index is 1.61. The molecule has 3 atom stereocenters. The van der Waals surface area contributed by atoms with Crippen molar-refractivity contribution in [3.05, 3.63) is 0 Å². The van der Waals surface area contributed by atoms with E-state index in [4.69, 9.17) is 0 Å². The van der Waals surface area contributed by atoms with Gasteiger partial charge in [0.25, 0.3) is 0 Å². The van der Waals surface area contributed by atoms with Gasteiger partial charge < -0.3 is 10.6 Å². The highest BCUT2D eigenvalue weighted by Crippen LogP contribution is 2.35. The second-order valence-corrected chi connectivity index (χ2v) is 7.18. The topological polar surface area (TPSA) is 58.2 Å². The van der Waals surface area contributed by atoms with Gasteiger partial charge in [0.15, 0.2) is 0 Å². The van der Waals surface area contributed by atoms with Crippen molar-refractivity contribution < 1.29 is 9.59 Å². The van der Waals surface area contributed by atoms with Crippen molar-refractivity contribution in [2.75, 3.05) is 0 Å². The first kappa shape index (κ1) is 13.9. The van der Waals surface area contributed by atoms with E-state index in [0.717, 1.165) is 38.0 Å². The van der Waals surface area contributed by atoms with Crippen LogP contribution in [0.5, 0.6) is 0 Å². The van der Waals surface area contributed by atoms with Crippen molar-refractivity contribution in [3.63, 3.8) is 0 Å². The summed E-state index contributed by atoms with van der Waals surface area (Å²) in [6, 6.07) is -0.302. The summed E-state index contributed by atoms with van der Waals surface area (Å²) < 4.78 is 0. The average molecular weight is 278 g/mol. The maximum absolute atomic E-state index is 12.4. The smallest absolute Gasteiger partial charge is 0.246 e. The number of nitrogens with one attached hydrogen (secondary N) is 2. The molecule has 2 saturated carbocycles. The van der Waals surface area contributed by atoms with E-state index in [0.29, 0.717) is 5.92 Å². The SMILES string of the molecule is CC1CCCC(CC2NC(=O)C3(CCCC3)NC2=O)C1. The van der Waals surface area contributed by atoms with E-state index in [1.165, 1.54) is 25.7 Å². The summed E-state index contributed by atoms with van der Waals surface area (Å²) in [5.41, 5.74) is -0.576. The molecule has 4 nitrogen and oxygen atoms in total. The minimum absolute atomic E-state index is 0.0460. The van der Waals surface area contributed by atoms with Gasteiger partial charge >= 0.3 is 0 Å². The number of hydrogen-bond acceptors (Lipinski definition) is 2. The average Bonchev–Trinajstić information content (AvgIpc) is 2.86. The van der Waals surface area contributed by atoms with E-state index >= 15 is 0 Å². The molecule has 1 spiro atoms. The first-order valence-electron chi connectivity index (χ1n) is 8.22.